The monoisotopic (exact) mass is 295 g/mol. The molecule has 0 radical (unpaired) electrons. The van der Waals surface area contributed by atoms with Crippen LogP contribution in [0.25, 0.3) is 11.3 Å². The predicted octanol–water partition coefficient (Wildman–Crippen LogP) is 3.69. The van der Waals surface area contributed by atoms with E-state index in [0.29, 0.717) is 5.76 Å². The summed E-state index contributed by atoms with van der Waals surface area (Å²) in [5.41, 5.74) is 3.01. The number of allylic oxidation sites excluding steroid dienone is 2. The molecule has 0 amide bonds. The summed E-state index contributed by atoms with van der Waals surface area (Å²) in [6, 6.07) is 9.97. The third-order valence-corrected chi connectivity index (χ3v) is 3.59. The number of esters is 1. The van der Waals surface area contributed by atoms with Crippen LogP contribution >= 0.6 is 0 Å². The summed E-state index contributed by atoms with van der Waals surface area (Å²) in [4.78, 5) is 11.8. The number of hydrogen-bond donors (Lipinski definition) is 0. The lowest BCUT2D eigenvalue weighted by Crippen LogP contribution is -2.12. The molecule has 0 bridgehead atoms. The summed E-state index contributed by atoms with van der Waals surface area (Å²) in [7, 11) is 0. The van der Waals surface area contributed by atoms with E-state index in [2.05, 4.69) is 24.2 Å². The molecule has 4 nitrogen and oxygen atoms in total. The quantitative estimate of drug-likeness (QED) is 0.789. The van der Waals surface area contributed by atoms with Crippen molar-refractivity contribution in [2.24, 2.45) is 5.92 Å². The van der Waals surface area contributed by atoms with Crippen LogP contribution in [0.1, 0.15) is 18.2 Å². The SMILES string of the molecule is CCc1ccc(-c2cc(COC(=O)C3C=CC=C3)on2)cc1. The molecule has 0 saturated carbocycles. The maximum absolute atomic E-state index is 11.8. The first-order valence-electron chi connectivity index (χ1n) is 7.33. The number of aromatic nitrogens is 1. The minimum Gasteiger partial charge on any atom is -0.457 e. The number of ether oxygens (including phenoxy) is 1. The van der Waals surface area contributed by atoms with Gasteiger partial charge in [0.1, 0.15) is 5.69 Å². The van der Waals surface area contributed by atoms with Gasteiger partial charge >= 0.3 is 5.97 Å². The molecule has 1 aliphatic carbocycles. The van der Waals surface area contributed by atoms with E-state index in [1.54, 1.807) is 18.2 Å². The highest BCUT2D eigenvalue weighted by atomic mass is 16.5. The van der Waals surface area contributed by atoms with E-state index in [-0.39, 0.29) is 18.5 Å². The van der Waals surface area contributed by atoms with Crippen LogP contribution < -0.4 is 0 Å². The fourth-order valence-electron chi connectivity index (χ4n) is 2.26. The van der Waals surface area contributed by atoms with Gasteiger partial charge in [-0.25, -0.2) is 0 Å². The molecule has 4 heteroatoms. The Morgan fingerprint density at radius 2 is 1.95 bits per heavy atom. The molecule has 2 aromatic rings. The van der Waals surface area contributed by atoms with Gasteiger partial charge in [-0.05, 0) is 12.0 Å². The Labute approximate surface area is 129 Å². The van der Waals surface area contributed by atoms with Crippen LogP contribution in [-0.2, 0) is 22.6 Å². The first-order chi connectivity index (χ1) is 10.8. The third-order valence-electron chi connectivity index (χ3n) is 3.59. The maximum Gasteiger partial charge on any atom is 0.317 e. The minimum atomic E-state index is -0.288. The van der Waals surface area contributed by atoms with Crippen molar-refractivity contribution in [3.05, 3.63) is 66.0 Å². The van der Waals surface area contributed by atoms with Crippen molar-refractivity contribution in [2.45, 2.75) is 20.0 Å². The highest BCUT2D eigenvalue weighted by Crippen LogP contribution is 2.21. The Hall–Kier alpha value is -2.62. The number of rotatable bonds is 5. The molecule has 1 aromatic heterocycles. The third kappa shape index (κ3) is 3.17. The van der Waals surface area contributed by atoms with Crippen LogP contribution in [0, 0.1) is 5.92 Å². The van der Waals surface area contributed by atoms with Gasteiger partial charge in [0, 0.05) is 11.6 Å². The molecule has 0 atom stereocenters. The molecule has 0 fully saturated rings. The van der Waals surface area contributed by atoms with Crippen LogP contribution in [0.5, 0.6) is 0 Å². The zero-order chi connectivity index (χ0) is 15.4. The highest BCUT2D eigenvalue weighted by Gasteiger charge is 2.17. The summed E-state index contributed by atoms with van der Waals surface area (Å²) < 4.78 is 10.4. The van der Waals surface area contributed by atoms with Gasteiger partial charge in [0.05, 0.1) is 5.92 Å². The van der Waals surface area contributed by atoms with Crippen molar-refractivity contribution in [3.63, 3.8) is 0 Å². The lowest BCUT2D eigenvalue weighted by atomic mass is 10.1. The molecule has 112 valence electrons. The molecule has 22 heavy (non-hydrogen) atoms. The summed E-state index contributed by atoms with van der Waals surface area (Å²) >= 11 is 0. The van der Waals surface area contributed by atoms with E-state index in [4.69, 9.17) is 9.26 Å². The average Bonchev–Trinajstić information content (AvgIpc) is 3.24. The largest absolute Gasteiger partial charge is 0.457 e. The summed E-state index contributed by atoms with van der Waals surface area (Å²) in [5, 5.41) is 4.02. The molecular formula is C18H17NO3. The molecule has 1 aromatic carbocycles. The van der Waals surface area contributed by atoms with E-state index < -0.39 is 0 Å². The van der Waals surface area contributed by atoms with E-state index in [9.17, 15) is 4.79 Å². The molecule has 0 unspecified atom stereocenters. The first kappa shape index (κ1) is 14.3. The zero-order valence-corrected chi connectivity index (χ0v) is 12.4. The molecule has 0 aliphatic heterocycles. The highest BCUT2D eigenvalue weighted by molar-refractivity contribution is 5.77. The van der Waals surface area contributed by atoms with Crippen molar-refractivity contribution in [3.8, 4) is 11.3 Å². The smallest absolute Gasteiger partial charge is 0.317 e. The second kappa shape index (κ2) is 6.43. The van der Waals surface area contributed by atoms with Crippen molar-refractivity contribution in [2.75, 3.05) is 0 Å². The van der Waals surface area contributed by atoms with Gasteiger partial charge in [-0.3, -0.25) is 4.79 Å². The number of nitrogens with zero attached hydrogens (tertiary/aromatic N) is 1. The molecule has 1 heterocycles. The minimum absolute atomic E-state index is 0.0943. The van der Waals surface area contributed by atoms with Crippen LogP contribution in [0.4, 0.5) is 0 Å². The second-order valence-corrected chi connectivity index (χ2v) is 5.13. The van der Waals surface area contributed by atoms with Gasteiger partial charge in [0.15, 0.2) is 12.4 Å². The fourth-order valence-corrected chi connectivity index (χ4v) is 2.26. The van der Waals surface area contributed by atoms with Gasteiger partial charge in [0.25, 0.3) is 0 Å². The van der Waals surface area contributed by atoms with Crippen LogP contribution in [0.15, 0.2) is 59.2 Å². The van der Waals surface area contributed by atoms with E-state index in [1.165, 1.54) is 5.56 Å². The maximum atomic E-state index is 11.8. The van der Waals surface area contributed by atoms with Crippen molar-refractivity contribution in [1.29, 1.82) is 0 Å². The Morgan fingerprint density at radius 3 is 2.64 bits per heavy atom. The lowest BCUT2D eigenvalue weighted by molar-refractivity contribution is -0.147. The van der Waals surface area contributed by atoms with E-state index in [0.717, 1.165) is 17.7 Å². The predicted molar refractivity (Wildman–Crippen MR) is 82.9 cm³/mol. The Balaban J connectivity index is 1.62. The molecule has 0 saturated heterocycles. The molecule has 0 N–H and O–H groups in total. The van der Waals surface area contributed by atoms with E-state index >= 15 is 0 Å². The number of benzene rings is 1. The summed E-state index contributed by atoms with van der Waals surface area (Å²) in [5.74, 6) is -0.0342. The van der Waals surface area contributed by atoms with Crippen LogP contribution in [0.2, 0.25) is 0 Å². The topological polar surface area (TPSA) is 52.3 Å². The molecule has 3 rings (SSSR count). The van der Waals surface area contributed by atoms with Gasteiger partial charge in [-0.2, -0.15) is 0 Å². The standard InChI is InChI=1S/C18H17NO3/c1-2-13-7-9-14(10-8-13)17-11-16(22-19-17)12-21-18(20)15-5-3-4-6-15/h3-11,15H,2,12H2,1H3. The van der Waals surface area contributed by atoms with Gasteiger partial charge in [-0.1, -0.05) is 60.6 Å². The van der Waals surface area contributed by atoms with Crippen LogP contribution in [-0.4, -0.2) is 11.1 Å². The van der Waals surface area contributed by atoms with Crippen LogP contribution in [0.3, 0.4) is 0 Å². The number of aryl methyl sites for hydroxylation is 1. The average molecular weight is 295 g/mol. The summed E-state index contributed by atoms with van der Waals surface area (Å²) in [6.07, 6.45) is 8.26. The van der Waals surface area contributed by atoms with Gasteiger partial charge in [0.2, 0.25) is 0 Å². The Morgan fingerprint density at radius 1 is 1.23 bits per heavy atom. The lowest BCUT2D eigenvalue weighted by Gasteiger charge is -2.04. The summed E-state index contributed by atoms with van der Waals surface area (Å²) in [6.45, 7) is 2.21. The van der Waals surface area contributed by atoms with Gasteiger partial charge < -0.3 is 9.26 Å². The fraction of sp³-hybridized carbons (Fsp3) is 0.222. The molecule has 1 aliphatic rings. The number of carbonyl (C=O) groups excluding carboxylic acids is 1. The van der Waals surface area contributed by atoms with E-state index in [1.807, 2.05) is 24.3 Å². The normalized spacial score (nSPS) is 13.7. The second-order valence-electron chi connectivity index (χ2n) is 5.13. The Kier molecular flexibility index (Phi) is 4.19. The molecular weight excluding hydrogens is 278 g/mol. The Bertz CT molecular complexity index is 698. The van der Waals surface area contributed by atoms with Gasteiger partial charge in [-0.15, -0.1) is 0 Å². The molecule has 0 spiro atoms. The zero-order valence-electron chi connectivity index (χ0n) is 12.4. The van der Waals surface area contributed by atoms with Crippen molar-refractivity contribution >= 4 is 5.97 Å². The number of carbonyl (C=O) groups is 1. The van der Waals surface area contributed by atoms with Crippen molar-refractivity contribution < 1.29 is 14.1 Å². The first-order valence-corrected chi connectivity index (χ1v) is 7.33. The van der Waals surface area contributed by atoms with Crippen molar-refractivity contribution in [1.82, 2.24) is 5.16 Å². The number of hydrogen-bond acceptors (Lipinski definition) is 4.